The standard InChI is InChI=1S/C13H14N6O/c1-8-14-12-11(13(20)15-8)16-17-19(12)10-6-4-5-9(7-10)18(2)3/h4-7H,1-3H3,(H,14,15,20). The molecule has 102 valence electrons. The average molecular weight is 270 g/mol. The number of nitrogens with zero attached hydrogens (tertiary/aromatic N) is 5. The van der Waals surface area contributed by atoms with E-state index in [9.17, 15) is 4.79 Å². The molecule has 0 saturated carbocycles. The van der Waals surface area contributed by atoms with Crippen molar-refractivity contribution in [3.63, 3.8) is 0 Å². The molecule has 1 aromatic carbocycles. The maximum Gasteiger partial charge on any atom is 0.281 e. The molecule has 0 aliphatic rings. The minimum absolute atomic E-state index is 0.242. The van der Waals surface area contributed by atoms with Gasteiger partial charge in [-0.1, -0.05) is 11.3 Å². The first-order valence-corrected chi connectivity index (χ1v) is 6.16. The number of nitrogens with one attached hydrogen (secondary N) is 1. The lowest BCUT2D eigenvalue weighted by atomic mass is 10.2. The van der Waals surface area contributed by atoms with Crippen LogP contribution in [0.3, 0.4) is 0 Å². The van der Waals surface area contributed by atoms with Crippen LogP contribution in [0.1, 0.15) is 5.82 Å². The highest BCUT2D eigenvalue weighted by Gasteiger charge is 2.12. The van der Waals surface area contributed by atoms with Crippen LogP contribution in [0.4, 0.5) is 5.69 Å². The summed E-state index contributed by atoms with van der Waals surface area (Å²) in [7, 11) is 3.93. The van der Waals surface area contributed by atoms with E-state index in [0.717, 1.165) is 11.4 Å². The van der Waals surface area contributed by atoms with Gasteiger partial charge < -0.3 is 9.88 Å². The van der Waals surface area contributed by atoms with Gasteiger partial charge in [-0.15, -0.1) is 5.10 Å². The summed E-state index contributed by atoms with van der Waals surface area (Å²) in [6, 6.07) is 7.79. The third kappa shape index (κ3) is 1.93. The van der Waals surface area contributed by atoms with E-state index in [-0.39, 0.29) is 11.1 Å². The second-order valence-electron chi connectivity index (χ2n) is 4.74. The molecular weight excluding hydrogens is 256 g/mol. The molecule has 0 atom stereocenters. The quantitative estimate of drug-likeness (QED) is 0.747. The van der Waals surface area contributed by atoms with Crippen LogP contribution in [0.5, 0.6) is 0 Å². The normalized spacial score (nSPS) is 10.9. The molecular formula is C13H14N6O. The van der Waals surface area contributed by atoms with E-state index in [1.165, 1.54) is 0 Å². The minimum atomic E-state index is -0.275. The van der Waals surface area contributed by atoms with Gasteiger partial charge in [0.1, 0.15) is 5.82 Å². The van der Waals surface area contributed by atoms with Crippen LogP contribution >= 0.6 is 0 Å². The fraction of sp³-hybridized carbons (Fsp3) is 0.231. The predicted molar refractivity (Wildman–Crippen MR) is 76.3 cm³/mol. The number of aromatic nitrogens is 5. The molecule has 0 amide bonds. The largest absolute Gasteiger partial charge is 0.378 e. The highest BCUT2D eigenvalue weighted by atomic mass is 16.1. The van der Waals surface area contributed by atoms with E-state index in [0.29, 0.717) is 11.5 Å². The molecule has 0 aliphatic heterocycles. The first-order valence-electron chi connectivity index (χ1n) is 6.16. The Morgan fingerprint density at radius 2 is 2.10 bits per heavy atom. The first-order chi connectivity index (χ1) is 9.56. The Hall–Kier alpha value is -2.70. The summed E-state index contributed by atoms with van der Waals surface area (Å²) in [5.74, 6) is 0.537. The van der Waals surface area contributed by atoms with Crippen LogP contribution in [0.15, 0.2) is 29.1 Å². The molecule has 2 aromatic heterocycles. The molecule has 7 nitrogen and oxygen atoms in total. The molecule has 3 rings (SSSR count). The molecule has 2 heterocycles. The van der Waals surface area contributed by atoms with E-state index in [2.05, 4.69) is 20.3 Å². The van der Waals surface area contributed by atoms with E-state index < -0.39 is 0 Å². The maximum atomic E-state index is 11.8. The van der Waals surface area contributed by atoms with E-state index in [4.69, 9.17) is 0 Å². The lowest BCUT2D eigenvalue weighted by molar-refractivity contribution is 0.815. The predicted octanol–water partition coefficient (Wildman–Crippen LogP) is 0.878. The molecule has 0 fully saturated rings. The second kappa shape index (κ2) is 4.44. The van der Waals surface area contributed by atoms with E-state index >= 15 is 0 Å². The Morgan fingerprint density at radius 3 is 2.85 bits per heavy atom. The molecule has 20 heavy (non-hydrogen) atoms. The summed E-state index contributed by atoms with van der Waals surface area (Å²) in [5, 5.41) is 7.94. The van der Waals surface area contributed by atoms with Gasteiger partial charge in [-0.3, -0.25) is 4.79 Å². The molecule has 7 heteroatoms. The van der Waals surface area contributed by atoms with Crippen LogP contribution < -0.4 is 10.5 Å². The van der Waals surface area contributed by atoms with Crippen LogP contribution in [-0.4, -0.2) is 39.1 Å². The third-order valence-corrected chi connectivity index (χ3v) is 3.02. The highest BCUT2D eigenvalue weighted by Crippen LogP contribution is 2.18. The molecule has 1 N–H and O–H groups in total. The Balaban J connectivity index is 2.25. The molecule has 3 aromatic rings. The number of H-pyrrole nitrogens is 1. The van der Waals surface area contributed by atoms with Crippen molar-refractivity contribution in [2.75, 3.05) is 19.0 Å². The Labute approximate surface area is 114 Å². The number of benzene rings is 1. The first kappa shape index (κ1) is 12.3. The van der Waals surface area contributed by atoms with Gasteiger partial charge in [-0.05, 0) is 25.1 Å². The number of fused-ring (bicyclic) bond motifs is 1. The van der Waals surface area contributed by atoms with Crippen molar-refractivity contribution in [2.45, 2.75) is 6.92 Å². The van der Waals surface area contributed by atoms with Gasteiger partial charge in [0.25, 0.3) is 5.56 Å². The number of hydrogen-bond acceptors (Lipinski definition) is 5. The molecule has 0 aliphatic carbocycles. The summed E-state index contributed by atoms with van der Waals surface area (Å²) in [6.45, 7) is 1.73. The summed E-state index contributed by atoms with van der Waals surface area (Å²) in [4.78, 5) is 20.7. The highest BCUT2D eigenvalue weighted by molar-refractivity contribution is 5.71. The van der Waals surface area contributed by atoms with Crippen molar-refractivity contribution >= 4 is 16.9 Å². The third-order valence-electron chi connectivity index (χ3n) is 3.02. The minimum Gasteiger partial charge on any atom is -0.378 e. The van der Waals surface area contributed by atoms with Crippen molar-refractivity contribution in [3.8, 4) is 5.69 Å². The zero-order valence-corrected chi connectivity index (χ0v) is 11.5. The van der Waals surface area contributed by atoms with Crippen molar-refractivity contribution in [1.29, 1.82) is 0 Å². The Morgan fingerprint density at radius 1 is 1.30 bits per heavy atom. The number of aryl methyl sites for hydroxylation is 1. The topological polar surface area (TPSA) is 79.7 Å². The zero-order chi connectivity index (χ0) is 14.3. The summed E-state index contributed by atoms with van der Waals surface area (Å²) in [5.41, 5.74) is 2.28. The smallest absolute Gasteiger partial charge is 0.281 e. The molecule has 0 bridgehead atoms. The lowest BCUT2D eigenvalue weighted by Gasteiger charge is -2.13. The number of hydrogen-bond donors (Lipinski definition) is 1. The zero-order valence-electron chi connectivity index (χ0n) is 11.5. The molecule has 0 spiro atoms. The molecule has 0 saturated heterocycles. The van der Waals surface area contributed by atoms with Crippen LogP contribution in [-0.2, 0) is 0 Å². The summed E-state index contributed by atoms with van der Waals surface area (Å²) in [6.07, 6.45) is 0. The van der Waals surface area contributed by atoms with Crippen LogP contribution in [0.2, 0.25) is 0 Å². The number of anilines is 1. The van der Waals surface area contributed by atoms with Crippen LogP contribution in [0, 0.1) is 6.92 Å². The van der Waals surface area contributed by atoms with E-state index in [1.54, 1.807) is 11.6 Å². The van der Waals surface area contributed by atoms with Gasteiger partial charge in [-0.25, -0.2) is 4.98 Å². The summed E-state index contributed by atoms with van der Waals surface area (Å²) < 4.78 is 1.57. The van der Waals surface area contributed by atoms with E-state index in [1.807, 2.05) is 43.3 Å². The van der Waals surface area contributed by atoms with Crippen LogP contribution in [0.25, 0.3) is 16.9 Å². The lowest BCUT2D eigenvalue weighted by Crippen LogP contribution is -2.11. The average Bonchev–Trinajstić information content (AvgIpc) is 2.82. The Kier molecular flexibility index (Phi) is 2.74. The molecule has 0 unspecified atom stereocenters. The van der Waals surface area contributed by atoms with Crippen molar-refractivity contribution in [1.82, 2.24) is 25.0 Å². The fourth-order valence-electron chi connectivity index (χ4n) is 2.01. The number of rotatable bonds is 2. The van der Waals surface area contributed by atoms with Crippen molar-refractivity contribution in [3.05, 3.63) is 40.4 Å². The monoisotopic (exact) mass is 270 g/mol. The van der Waals surface area contributed by atoms with Gasteiger partial charge in [0.2, 0.25) is 0 Å². The Bertz CT molecular complexity index is 832. The van der Waals surface area contributed by atoms with Crippen molar-refractivity contribution in [2.24, 2.45) is 0 Å². The fourth-order valence-corrected chi connectivity index (χ4v) is 2.01. The van der Waals surface area contributed by atoms with Gasteiger partial charge in [0.05, 0.1) is 5.69 Å². The van der Waals surface area contributed by atoms with Gasteiger partial charge in [-0.2, -0.15) is 4.68 Å². The number of aromatic amines is 1. The summed E-state index contributed by atoms with van der Waals surface area (Å²) >= 11 is 0. The SMILES string of the molecule is Cc1nc2c(nnn2-c2cccc(N(C)C)c2)c(=O)[nH]1. The maximum absolute atomic E-state index is 11.8. The van der Waals surface area contributed by atoms with Gasteiger partial charge in [0, 0.05) is 19.8 Å². The van der Waals surface area contributed by atoms with Gasteiger partial charge >= 0.3 is 0 Å². The second-order valence-corrected chi connectivity index (χ2v) is 4.74. The van der Waals surface area contributed by atoms with Crippen molar-refractivity contribution < 1.29 is 0 Å². The molecule has 0 radical (unpaired) electrons. The van der Waals surface area contributed by atoms with Gasteiger partial charge in [0.15, 0.2) is 11.2 Å².